The zero-order chi connectivity index (χ0) is 12.3. The van der Waals surface area contributed by atoms with Gasteiger partial charge in [0, 0.05) is 6.04 Å². The van der Waals surface area contributed by atoms with E-state index in [4.69, 9.17) is 0 Å². The molecule has 2 N–H and O–H groups in total. The van der Waals surface area contributed by atoms with Crippen LogP contribution < -0.4 is 5.32 Å². The van der Waals surface area contributed by atoms with E-state index in [2.05, 4.69) is 5.32 Å². The van der Waals surface area contributed by atoms with Crippen molar-refractivity contribution in [3.8, 4) is 0 Å². The Bertz CT molecular complexity index is 409. The molecule has 0 heterocycles. The van der Waals surface area contributed by atoms with Crippen LogP contribution in [0, 0.1) is 6.92 Å². The van der Waals surface area contributed by atoms with Crippen molar-refractivity contribution in [1.29, 1.82) is 0 Å². The maximum absolute atomic E-state index is 11.2. The SMILES string of the molecule is Cc1cccc(C(=O)O)c1NC1CCCCC1. The Labute approximate surface area is 102 Å². The molecule has 3 nitrogen and oxygen atoms in total. The molecule has 17 heavy (non-hydrogen) atoms. The maximum atomic E-state index is 11.2. The lowest BCUT2D eigenvalue weighted by atomic mass is 9.94. The standard InChI is InChI=1S/C14H19NO2/c1-10-6-5-9-12(14(16)17)13(10)15-11-7-3-2-4-8-11/h5-6,9,11,15H,2-4,7-8H2,1H3,(H,16,17). The minimum absolute atomic E-state index is 0.385. The summed E-state index contributed by atoms with van der Waals surface area (Å²) in [5, 5.41) is 12.6. The van der Waals surface area contributed by atoms with Crippen molar-refractivity contribution >= 4 is 11.7 Å². The number of carboxylic acids is 1. The molecule has 1 aliphatic rings. The Morgan fingerprint density at radius 2 is 2.00 bits per heavy atom. The molecule has 0 aromatic heterocycles. The first-order valence-corrected chi connectivity index (χ1v) is 6.28. The van der Waals surface area contributed by atoms with Gasteiger partial charge in [-0.15, -0.1) is 0 Å². The molecule has 0 aliphatic heterocycles. The van der Waals surface area contributed by atoms with E-state index in [1.165, 1.54) is 19.3 Å². The number of anilines is 1. The number of aromatic carboxylic acids is 1. The number of carbonyl (C=O) groups is 1. The molecule has 3 heteroatoms. The fourth-order valence-corrected chi connectivity index (χ4v) is 2.49. The normalized spacial score (nSPS) is 16.8. The van der Waals surface area contributed by atoms with E-state index in [0.717, 1.165) is 24.1 Å². The van der Waals surface area contributed by atoms with E-state index in [-0.39, 0.29) is 0 Å². The Balaban J connectivity index is 2.21. The first kappa shape index (κ1) is 12.0. The van der Waals surface area contributed by atoms with Gasteiger partial charge >= 0.3 is 5.97 Å². The molecule has 2 rings (SSSR count). The first-order valence-electron chi connectivity index (χ1n) is 6.28. The summed E-state index contributed by atoms with van der Waals surface area (Å²) < 4.78 is 0. The van der Waals surface area contributed by atoms with Gasteiger partial charge in [-0.3, -0.25) is 0 Å². The van der Waals surface area contributed by atoms with E-state index in [1.807, 2.05) is 13.0 Å². The third-order valence-corrected chi connectivity index (χ3v) is 3.46. The molecule has 1 aromatic rings. The van der Waals surface area contributed by atoms with Gasteiger partial charge in [0.15, 0.2) is 0 Å². The monoisotopic (exact) mass is 233 g/mol. The molecule has 1 fully saturated rings. The van der Waals surface area contributed by atoms with Crippen LogP contribution in [0.25, 0.3) is 0 Å². The zero-order valence-electron chi connectivity index (χ0n) is 10.2. The van der Waals surface area contributed by atoms with Crippen LogP contribution in [-0.4, -0.2) is 17.1 Å². The lowest BCUT2D eigenvalue weighted by Crippen LogP contribution is -2.24. The van der Waals surface area contributed by atoms with Crippen LogP contribution >= 0.6 is 0 Å². The summed E-state index contributed by atoms with van der Waals surface area (Å²) in [5.74, 6) is -0.855. The average Bonchev–Trinajstić information content (AvgIpc) is 2.33. The smallest absolute Gasteiger partial charge is 0.337 e. The first-order chi connectivity index (χ1) is 8.18. The van der Waals surface area contributed by atoms with Crippen LogP contribution in [0.2, 0.25) is 0 Å². The fraction of sp³-hybridized carbons (Fsp3) is 0.500. The molecular formula is C14H19NO2. The van der Waals surface area contributed by atoms with Crippen LogP contribution in [-0.2, 0) is 0 Å². The Morgan fingerprint density at radius 1 is 1.29 bits per heavy atom. The number of nitrogens with one attached hydrogen (secondary N) is 1. The molecule has 0 amide bonds. The number of rotatable bonds is 3. The second-order valence-electron chi connectivity index (χ2n) is 4.78. The highest BCUT2D eigenvalue weighted by atomic mass is 16.4. The number of hydrogen-bond donors (Lipinski definition) is 2. The highest BCUT2D eigenvalue weighted by Gasteiger charge is 2.17. The molecule has 1 saturated carbocycles. The van der Waals surface area contributed by atoms with Crippen molar-refractivity contribution in [1.82, 2.24) is 0 Å². The molecule has 0 bridgehead atoms. The summed E-state index contributed by atoms with van der Waals surface area (Å²) in [4.78, 5) is 11.2. The Hall–Kier alpha value is -1.51. The molecule has 0 saturated heterocycles. The Morgan fingerprint density at radius 3 is 2.65 bits per heavy atom. The summed E-state index contributed by atoms with van der Waals surface area (Å²) in [7, 11) is 0. The quantitative estimate of drug-likeness (QED) is 0.840. The fourth-order valence-electron chi connectivity index (χ4n) is 2.49. The minimum atomic E-state index is -0.855. The number of aryl methyl sites for hydroxylation is 1. The molecule has 1 aliphatic carbocycles. The van der Waals surface area contributed by atoms with Crippen molar-refractivity contribution in [2.75, 3.05) is 5.32 Å². The number of para-hydroxylation sites is 1. The second kappa shape index (κ2) is 5.21. The van der Waals surface area contributed by atoms with Gasteiger partial charge in [0.2, 0.25) is 0 Å². The summed E-state index contributed by atoms with van der Waals surface area (Å²) in [6.45, 7) is 1.96. The van der Waals surface area contributed by atoms with Crippen molar-refractivity contribution < 1.29 is 9.90 Å². The molecule has 0 radical (unpaired) electrons. The van der Waals surface area contributed by atoms with Crippen LogP contribution in [0.15, 0.2) is 18.2 Å². The number of hydrogen-bond acceptors (Lipinski definition) is 2. The Kier molecular flexibility index (Phi) is 3.67. The van der Waals surface area contributed by atoms with E-state index in [0.29, 0.717) is 11.6 Å². The van der Waals surface area contributed by atoms with Crippen molar-refractivity contribution in [3.05, 3.63) is 29.3 Å². The average molecular weight is 233 g/mol. The topological polar surface area (TPSA) is 49.3 Å². The van der Waals surface area contributed by atoms with Gasteiger partial charge in [0.1, 0.15) is 0 Å². The predicted octanol–water partition coefficient (Wildman–Crippen LogP) is 3.44. The van der Waals surface area contributed by atoms with E-state index in [1.54, 1.807) is 12.1 Å². The van der Waals surface area contributed by atoms with Gasteiger partial charge in [0.25, 0.3) is 0 Å². The van der Waals surface area contributed by atoms with Crippen molar-refractivity contribution in [2.24, 2.45) is 0 Å². The molecule has 0 spiro atoms. The van der Waals surface area contributed by atoms with Crippen LogP contribution in [0.5, 0.6) is 0 Å². The molecule has 0 atom stereocenters. The highest BCUT2D eigenvalue weighted by Crippen LogP contribution is 2.26. The maximum Gasteiger partial charge on any atom is 0.337 e. The largest absolute Gasteiger partial charge is 0.478 e. The molecule has 92 valence electrons. The van der Waals surface area contributed by atoms with Crippen molar-refractivity contribution in [2.45, 2.75) is 45.1 Å². The second-order valence-corrected chi connectivity index (χ2v) is 4.78. The van der Waals surface area contributed by atoms with E-state index < -0.39 is 5.97 Å². The summed E-state index contributed by atoms with van der Waals surface area (Å²) >= 11 is 0. The van der Waals surface area contributed by atoms with Gasteiger partial charge in [0.05, 0.1) is 11.3 Å². The number of carboxylic acid groups (broad SMARTS) is 1. The highest BCUT2D eigenvalue weighted by molar-refractivity contribution is 5.95. The zero-order valence-corrected chi connectivity index (χ0v) is 10.2. The lowest BCUT2D eigenvalue weighted by molar-refractivity contribution is 0.0698. The van der Waals surface area contributed by atoms with Crippen LogP contribution in [0.3, 0.4) is 0 Å². The minimum Gasteiger partial charge on any atom is -0.478 e. The van der Waals surface area contributed by atoms with Gasteiger partial charge in [-0.25, -0.2) is 4.79 Å². The van der Waals surface area contributed by atoms with Gasteiger partial charge in [-0.2, -0.15) is 0 Å². The molecule has 0 unspecified atom stereocenters. The van der Waals surface area contributed by atoms with Gasteiger partial charge in [-0.05, 0) is 31.4 Å². The van der Waals surface area contributed by atoms with Gasteiger partial charge in [-0.1, -0.05) is 31.4 Å². The van der Waals surface area contributed by atoms with Crippen LogP contribution in [0.4, 0.5) is 5.69 Å². The van der Waals surface area contributed by atoms with E-state index in [9.17, 15) is 9.90 Å². The summed E-state index contributed by atoms with van der Waals surface area (Å²) in [6, 6.07) is 5.85. The van der Waals surface area contributed by atoms with Gasteiger partial charge < -0.3 is 10.4 Å². The predicted molar refractivity (Wildman–Crippen MR) is 68.6 cm³/mol. The van der Waals surface area contributed by atoms with E-state index >= 15 is 0 Å². The summed E-state index contributed by atoms with van der Waals surface area (Å²) in [5.41, 5.74) is 2.19. The molecular weight excluding hydrogens is 214 g/mol. The van der Waals surface area contributed by atoms with Crippen LogP contribution in [0.1, 0.15) is 48.0 Å². The molecule has 1 aromatic carbocycles. The third kappa shape index (κ3) is 2.78. The lowest BCUT2D eigenvalue weighted by Gasteiger charge is -2.25. The third-order valence-electron chi connectivity index (χ3n) is 3.46. The number of benzene rings is 1. The summed E-state index contributed by atoms with van der Waals surface area (Å²) in [6.07, 6.45) is 6.08. The van der Waals surface area contributed by atoms with Crippen molar-refractivity contribution in [3.63, 3.8) is 0 Å².